The molecule has 2 aliphatic heterocycles. The fourth-order valence-corrected chi connectivity index (χ4v) is 2.82. The molecule has 0 bridgehead atoms. The van der Waals surface area contributed by atoms with Crippen LogP contribution in [0.5, 0.6) is 0 Å². The maximum atomic E-state index is 11.7. The Hall–Kier alpha value is -2.17. The Morgan fingerprint density at radius 3 is 2.85 bits per heavy atom. The summed E-state index contributed by atoms with van der Waals surface area (Å²) < 4.78 is 0. The molecular formula is C15H17N3O2. The lowest BCUT2D eigenvalue weighted by molar-refractivity contribution is -0.122. The van der Waals surface area contributed by atoms with E-state index in [2.05, 4.69) is 16.6 Å². The van der Waals surface area contributed by atoms with Crippen molar-refractivity contribution in [2.45, 2.75) is 26.2 Å². The molecule has 0 saturated carbocycles. The monoisotopic (exact) mass is 271 g/mol. The van der Waals surface area contributed by atoms with E-state index in [-0.39, 0.29) is 17.7 Å². The van der Waals surface area contributed by atoms with Crippen LogP contribution in [-0.2, 0) is 16.0 Å². The number of rotatable bonds is 1. The quantitative estimate of drug-likeness (QED) is 0.840. The van der Waals surface area contributed by atoms with Crippen LogP contribution in [-0.4, -0.2) is 24.6 Å². The molecule has 0 saturated heterocycles. The average Bonchev–Trinajstić information content (AvgIpc) is 2.43. The molecule has 0 spiro atoms. The summed E-state index contributed by atoms with van der Waals surface area (Å²) in [4.78, 5) is 24.7. The van der Waals surface area contributed by atoms with Gasteiger partial charge >= 0.3 is 0 Å². The predicted molar refractivity (Wildman–Crippen MR) is 76.6 cm³/mol. The van der Waals surface area contributed by atoms with E-state index in [4.69, 9.17) is 0 Å². The highest BCUT2D eigenvalue weighted by molar-refractivity contribution is 6.06. The van der Waals surface area contributed by atoms with Crippen molar-refractivity contribution >= 4 is 23.2 Å². The summed E-state index contributed by atoms with van der Waals surface area (Å²) in [7, 11) is 1.81. The molecule has 0 aliphatic carbocycles. The van der Waals surface area contributed by atoms with Gasteiger partial charge in [0, 0.05) is 31.5 Å². The second kappa shape index (κ2) is 4.74. The zero-order chi connectivity index (χ0) is 14.3. The molecule has 1 N–H and O–H groups in total. The van der Waals surface area contributed by atoms with E-state index >= 15 is 0 Å². The molecule has 2 heterocycles. The maximum Gasteiger partial charge on any atom is 0.240 e. The van der Waals surface area contributed by atoms with E-state index in [1.807, 2.05) is 19.1 Å². The lowest BCUT2D eigenvalue weighted by Crippen LogP contribution is -2.33. The first-order chi connectivity index (χ1) is 9.56. The number of aryl methyl sites for hydroxylation is 1. The number of hydrazone groups is 1. The van der Waals surface area contributed by atoms with Gasteiger partial charge in [-0.3, -0.25) is 9.59 Å². The fraction of sp³-hybridized carbons (Fsp3) is 0.400. The Labute approximate surface area is 117 Å². The third kappa shape index (κ3) is 2.09. The average molecular weight is 271 g/mol. The van der Waals surface area contributed by atoms with E-state index < -0.39 is 0 Å². The minimum atomic E-state index is -0.0375. The number of nitrogens with one attached hydrogen (secondary N) is 1. The number of hydrogen-bond acceptors (Lipinski definition) is 3. The number of benzene rings is 1. The smallest absolute Gasteiger partial charge is 0.240 e. The Morgan fingerprint density at radius 1 is 1.30 bits per heavy atom. The van der Waals surface area contributed by atoms with Crippen molar-refractivity contribution in [2.75, 3.05) is 11.9 Å². The van der Waals surface area contributed by atoms with E-state index in [9.17, 15) is 9.59 Å². The third-order valence-electron chi connectivity index (χ3n) is 3.98. The van der Waals surface area contributed by atoms with Crippen molar-refractivity contribution in [1.82, 2.24) is 5.43 Å². The molecule has 0 aromatic heterocycles. The molecule has 1 aromatic rings. The van der Waals surface area contributed by atoms with Crippen molar-refractivity contribution in [3.8, 4) is 0 Å². The Morgan fingerprint density at radius 2 is 2.10 bits per heavy atom. The van der Waals surface area contributed by atoms with Crippen molar-refractivity contribution in [3.63, 3.8) is 0 Å². The normalized spacial score (nSPS) is 22.2. The minimum Gasteiger partial charge on any atom is -0.315 e. The largest absolute Gasteiger partial charge is 0.315 e. The van der Waals surface area contributed by atoms with Crippen LogP contribution in [0.3, 0.4) is 0 Å². The highest BCUT2D eigenvalue weighted by Gasteiger charge is 2.25. The topological polar surface area (TPSA) is 61.8 Å². The van der Waals surface area contributed by atoms with Gasteiger partial charge in [0.2, 0.25) is 11.8 Å². The number of carbonyl (C=O) groups excluding carboxylic acids is 2. The summed E-state index contributed by atoms with van der Waals surface area (Å²) in [6.45, 7) is 2.01. The first kappa shape index (κ1) is 12.8. The van der Waals surface area contributed by atoms with Crippen molar-refractivity contribution in [1.29, 1.82) is 0 Å². The second-order valence-corrected chi connectivity index (χ2v) is 5.43. The van der Waals surface area contributed by atoms with Crippen LogP contribution in [0.1, 0.15) is 30.9 Å². The number of fused-ring (bicyclic) bond motifs is 1. The molecule has 3 rings (SSSR count). The number of anilines is 1. The van der Waals surface area contributed by atoms with Crippen LogP contribution in [0.25, 0.3) is 0 Å². The molecule has 0 fully saturated rings. The number of amides is 2. The van der Waals surface area contributed by atoms with E-state index in [1.165, 1.54) is 0 Å². The van der Waals surface area contributed by atoms with E-state index in [0.717, 1.165) is 28.9 Å². The summed E-state index contributed by atoms with van der Waals surface area (Å²) in [6.07, 6.45) is 1.78. The molecule has 2 amide bonds. The van der Waals surface area contributed by atoms with Crippen molar-refractivity contribution in [2.24, 2.45) is 11.0 Å². The van der Waals surface area contributed by atoms with E-state index in [0.29, 0.717) is 12.8 Å². The van der Waals surface area contributed by atoms with Crippen LogP contribution in [0.2, 0.25) is 0 Å². The Kier molecular flexibility index (Phi) is 3.04. The molecule has 1 atom stereocenters. The molecule has 0 radical (unpaired) electrons. The Bertz CT molecular complexity index is 622. The lowest BCUT2D eigenvalue weighted by Gasteiger charge is -2.27. The summed E-state index contributed by atoms with van der Waals surface area (Å²) in [6, 6.07) is 6.03. The van der Waals surface area contributed by atoms with Crippen molar-refractivity contribution < 1.29 is 9.59 Å². The standard InChI is InChI=1S/C15H17N3O2/c1-9-7-13(19)16-17-15(9)11-3-5-12-10(8-11)4-6-14(20)18(12)2/h3,5,8-9H,4,6-7H2,1-2H3,(H,16,19). The zero-order valence-corrected chi connectivity index (χ0v) is 11.6. The molecular weight excluding hydrogens is 254 g/mol. The molecule has 1 aromatic carbocycles. The van der Waals surface area contributed by atoms with Gasteiger partial charge in [0.1, 0.15) is 0 Å². The van der Waals surface area contributed by atoms with Crippen LogP contribution < -0.4 is 10.3 Å². The van der Waals surface area contributed by atoms with Gasteiger partial charge in [-0.25, -0.2) is 5.43 Å². The van der Waals surface area contributed by atoms with Crippen LogP contribution in [0.15, 0.2) is 23.3 Å². The summed E-state index contributed by atoms with van der Waals surface area (Å²) in [5, 5.41) is 4.18. The van der Waals surface area contributed by atoms with Gasteiger partial charge in [0.25, 0.3) is 0 Å². The van der Waals surface area contributed by atoms with Gasteiger partial charge in [-0.2, -0.15) is 5.10 Å². The van der Waals surface area contributed by atoms with Gasteiger partial charge in [-0.05, 0) is 29.7 Å². The zero-order valence-electron chi connectivity index (χ0n) is 11.6. The number of hydrogen-bond donors (Lipinski definition) is 1. The van der Waals surface area contributed by atoms with Crippen LogP contribution >= 0.6 is 0 Å². The molecule has 5 nitrogen and oxygen atoms in total. The molecule has 1 unspecified atom stereocenters. The minimum absolute atomic E-state index is 0.0375. The molecule has 104 valence electrons. The van der Waals surface area contributed by atoms with Crippen molar-refractivity contribution in [3.05, 3.63) is 29.3 Å². The van der Waals surface area contributed by atoms with Gasteiger partial charge in [-0.1, -0.05) is 13.0 Å². The summed E-state index contributed by atoms with van der Waals surface area (Å²) in [5.74, 6) is 0.232. The molecule has 5 heteroatoms. The first-order valence-corrected chi connectivity index (χ1v) is 6.82. The van der Waals surface area contributed by atoms with Crippen LogP contribution in [0, 0.1) is 5.92 Å². The third-order valence-corrected chi connectivity index (χ3v) is 3.98. The summed E-state index contributed by atoms with van der Waals surface area (Å²) in [5.41, 5.74) is 6.61. The second-order valence-electron chi connectivity index (χ2n) is 5.43. The van der Waals surface area contributed by atoms with Gasteiger partial charge in [0.05, 0.1) is 5.71 Å². The van der Waals surface area contributed by atoms with E-state index in [1.54, 1.807) is 11.9 Å². The highest BCUT2D eigenvalue weighted by Crippen LogP contribution is 2.29. The summed E-state index contributed by atoms with van der Waals surface area (Å²) >= 11 is 0. The highest BCUT2D eigenvalue weighted by atomic mass is 16.2. The van der Waals surface area contributed by atoms with Gasteiger partial charge in [0.15, 0.2) is 0 Å². The van der Waals surface area contributed by atoms with Crippen LogP contribution in [0.4, 0.5) is 5.69 Å². The van der Waals surface area contributed by atoms with Gasteiger partial charge in [-0.15, -0.1) is 0 Å². The van der Waals surface area contributed by atoms with Gasteiger partial charge < -0.3 is 4.90 Å². The Balaban J connectivity index is 1.97. The maximum absolute atomic E-state index is 11.7. The number of nitrogens with zero attached hydrogens (tertiary/aromatic N) is 2. The molecule has 2 aliphatic rings. The number of carbonyl (C=O) groups is 2. The SMILES string of the molecule is CC1CC(=O)NN=C1c1ccc2c(c1)CCC(=O)N2C. The lowest BCUT2D eigenvalue weighted by atomic mass is 9.91. The predicted octanol–water partition coefficient (Wildman–Crippen LogP) is 1.46. The molecule has 20 heavy (non-hydrogen) atoms. The fourth-order valence-electron chi connectivity index (χ4n) is 2.82. The first-order valence-electron chi connectivity index (χ1n) is 6.82.